The van der Waals surface area contributed by atoms with E-state index in [1.807, 2.05) is 5.38 Å². The van der Waals surface area contributed by atoms with Crippen LogP contribution >= 0.6 is 11.3 Å². The Labute approximate surface area is 104 Å². The third-order valence-electron chi connectivity index (χ3n) is 2.22. The average molecular weight is 256 g/mol. The van der Waals surface area contributed by atoms with Crippen molar-refractivity contribution in [3.05, 3.63) is 16.6 Å². The molecule has 0 radical (unpaired) electrons. The molecule has 0 aliphatic carbocycles. The van der Waals surface area contributed by atoms with E-state index in [9.17, 15) is 9.59 Å². The maximum absolute atomic E-state index is 11.6. The normalized spacial score (nSPS) is 11.2. The Bertz CT molecular complexity index is 387. The second-order valence-electron chi connectivity index (χ2n) is 4.67. The lowest BCUT2D eigenvalue weighted by Gasteiger charge is -2.21. The van der Waals surface area contributed by atoms with E-state index in [0.29, 0.717) is 6.54 Å². The Balaban J connectivity index is 2.36. The van der Waals surface area contributed by atoms with Crippen molar-refractivity contribution in [2.24, 2.45) is 5.41 Å². The van der Waals surface area contributed by atoms with Crippen LogP contribution in [0.5, 0.6) is 0 Å². The van der Waals surface area contributed by atoms with Gasteiger partial charge in [0.25, 0.3) is 0 Å². The number of aromatic nitrogens is 1. The fraction of sp³-hybridized carbons (Fsp3) is 0.545. The third kappa shape index (κ3) is 5.44. The maximum Gasteiger partial charge on any atom is 0.303 e. The quantitative estimate of drug-likeness (QED) is 0.811. The second kappa shape index (κ2) is 5.77. The van der Waals surface area contributed by atoms with Gasteiger partial charge in [0.1, 0.15) is 0 Å². The number of hydrogen-bond acceptors (Lipinski definition) is 4. The number of carboxylic acid groups (broad SMARTS) is 1. The SMILES string of the molecule is CC(C)(CC(=O)O)CC(=O)NCc1cscn1. The van der Waals surface area contributed by atoms with Crippen LogP contribution in [-0.4, -0.2) is 22.0 Å². The molecule has 17 heavy (non-hydrogen) atoms. The number of carboxylic acids is 1. The molecule has 0 bridgehead atoms. The molecule has 1 amide bonds. The van der Waals surface area contributed by atoms with Gasteiger partial charge in [-0.3, -0.25) is 9.59 Å². The Hall–Kier alpha value is -1.43. The smallest absolute Gasteiger partial charge is 0.303 e. The molecule has 1 rings (SSSR count). The van der Waals surface area contributed by atoms with Crippen LogP contribution in [0.4, 0.5) is 0 Å². The molecule has 0 atom stereocenters. The molecule has 6 heteroatoms. The summed E-state index contributed by atoms with van der Waals surface area (Å²) in [6.07, 6.45) is 0.181. The summed E-state index contributed by atoms with van der Waals surface area (Å²) in [5.41, 5.74) is 1.99. The molecule has 0 spiro atoms. The first-order valence-corrected chi connectivity index (χ1v) is 6.19. The number of hydrogen-bond donors (Lipinski definition) is 2. The zero-order valence-electron chi connectivity index (χ0n) is 9.90. The van der Waals surface area contributed by atoms with Crippen LogP contribution in [0.3, 0.4) is 0 Å². The van der Waals surface area contributed by atoms with Crippen molar-refractivity contribution in [2.75, 3.05) is 0 Å². The van der Waals surface area contributed by atoms with Crippen LogP contribution in [0.2, 0.25) is 0 Å². The van der Waals surface area contributed by atoms with Crippen LogP contribution in [0.15, 0.2) is 10.9 Å². The largest absolute Gasteiger partial charge is 0.481 e. The van der Waals surface area contributed by atoms with Crippen molar-refractivity contribution in [1.29, 1.82) is 0 Å². The number of nitrogens with zero attached hydrogens (tertiary/aromatic N) is 1. The van der Waals surface area contributed by atoms with Crippen molar-refractivity contribution in [3.63, 3.8) is 0 Å². The molecule has 5 nitrogen and oxygen atoms in total. The molecule has 1 aromatic rings. The van der Waals surface area contributed by atoms with Gasteiger partial charge in [-0.25, -0.2) is 4.98 Å². The van der Waals surface area contributed by atoms with E-state index in [4.69, 9.17) is 5.11 Å². The minimum Gasteiger partial charge on any atom is -0.481 e. The fourth-order valence-electron chi connectivity index (χ4n) is 1.48. The minimum atomic E-state index is -0.887. The van der Waals surface area contributed by atoms with Crippen LogP contribution < -0.4 is 5.32 Å². The molecule has 94 valence electrons. The number of nitrogens with one attached hydrogen (secondary N) is 1. The van der Waals surface area contributed by atoms with Crippen molar-refractivity contribution in [2.45, 2.75) is 33.2 Å². The highest BCUT2D eigenvalue weighted by Gasteiger charge is 2.25. The summed E-state index contributed by atoms with van der Waals surface area (Å²) in [5.74, 6) is -1.04. The Morgan fingerprint density at radius 2 is 2.18 bits per heavy atom. The standard InChI is InChI=1S/C11H16N2O3S/c1-11(2,4-10(15)16)3-9(14)12-5-8-6-17-7-13-8/h6-7H,3-5H2,1-2H3,(H,12,14)(H,15,16). The maximum atomic E-state index is 11.6. The van der Waals surface area contributed by atoms with Crippen molar-refractivity contribution >= 4 is 23.2 Å². The van der Waals surface area contributed by atoms with E-state index in [2.05, 4.69) is 10.3 Å². The summed E-state index contributed by atoms with van der Waals surface area (Å²) >= 11 is 1.47. The number of carbonyl (C=O) groups is 2. The molecule has 0 fully saturated rings. The summed E-state index contributed by atoms with van der Waals surface area (Å²) < 4.78 is 0. The molecular formula is C11H16N2O3S. The predicted molar refractivity (Wildman–Crippen MR) is 64.6 cm³/mol. The summed E-state index contributed by atoms with van der Waals surface area (Å²) in [7, 11) is 0. The topological polar surface area (TPSA) is 79.3 Å². The van der Waals surface area contributed by atoms with E-state index in [-0.39, 0.29) is 18.7 Å². The molecule has 0 aromatic carbocycles. The van der Waals surface area contributed by atoms with Crippen LogP contribution in [0.25, 0.3) is 0 Å². The van der Waals surface area contributed by atoms with Gasteiger partial charge in [0.05, 0.1) is 24.2 Å². The molecule has 0 unspecified atom stereocenters. The van der Waals surface area contributed by atoms with Crippen LogP contribution in [-0.2, 0) is 16.1 Å². The zero-order valence-corrected chi connectivity index (χ0v) is 10.7. The Morgan fingerprint density at radius 1 is 1.47 bits per heavy atom. The van der Waals surface area contributed by atoms with Gasteiger partial charge in [0, 0.05) is 11.8 Å². The number of amides is 1. The van der Waals surface area contributed by atoms with Crippen molar-refractivity contribution in [3.8, 4) is 0 Å². The highest BCUT2D eigenvalue weighted by molar-refractivity contribution is 7.07. The van der Waals surface area contributed by atoms with E-state index in [0.717, 1.165) is 5.69 Å². The highest BCUT2D eigenvalue weighted by atomic mass is 32.1. The first-order valence-electron chi connectivity index (χ1n) is 5.25. The van der Waals surface area contributed by atoms with Gasteiger partial charge in [-0.1, -0.05) is 13.8 Å². The first kappa shape index (κ1) is 13.6. The lowest BCUT2D eigenvalue weighted by molar-refractivity contribution is -0.139. The molecule has 0 aliphatic rings. The Kier molecular flexibility index (Phi) is 4.62. The van der Waals surface area contributed by atoms with Crippen molar-refractivity contribution < 1.29 is 14.7 Å². The minimum absolute atomic E-state index is 0.0167. The molecule has 0 saturated heterocycles. The number of thiazole rings is 1. The first-order chi connectivity index (χ1) is 7.89. The van der Waals surface area contributed by atoms with Crippen LogP contribution in [0, 0.1) is 5.41 Å². The lowest BCUT2D eigenvalue weighted by Crippen LogP contribution is -2.29. The van der Waals surface area contributed by atoms with Gasteiger partial charge < -0.3 is 10.4 Å². The van der Waals surface area contributed by atoms with Gasteiger partial charge in [-0.15, -0.1) is 11.3 Å². The summed E-state index contributed by atoms with van der Waals surface area (Å²) in [6.45, 7) is 3.93. The average Bonchev–Trinajstić information content (AvgIpc) is 2.63. The Morgan fingerprint density at radius 3 is 2.71 bits per heavy atom. The van der Waals surface area contributed by atoms with E-state index in [1.165, 1.54) is 11.3 Å². The molecule has 2 N–H and O–H groups in total. The summed E-state index contributed by atoms with van der Waals surface area (Å²) in [4.78, 5) is 26.3. The summed E-state index contributed by atoms with van der Waals surface area (Å²) in [5, 5.41) is 13.3. The van der Waals surface area contributed by atoms with Crippen LogP contribution in [0.1, 0.15) is 32.4 Å². The van der Waals surface area contributed by atoms with Gasteiger partial charge in [0.15, 0.2) is 0 Å². The summed E-state index contributed by atoms with van der Waals surface area (Å²) in [6, 6.07) is 0. The van der Waals surface area contributed by atoms with Gasteiger partial charge in [-0.05, 0) is 5.41 Å². The van der Waals surface area contributed by atoms with Gasteiger partial charge in [-0.2, -0.15) is 0 Å². The second-order valence-corrected chi connectivity index (χ2v) is 5.39. The van der Waals surface area contributed by atoms with E-state index in [1.54, 1.807) is 19.4 Å². The van der Waals surface area contributed by atoms with Gasteiger partial charge >= 0.3 is 5.97 Å². The highest BCUT2D eigenvalue weighted by Crippen LogP contribution is 2.24. The lowest BCUT2D eigenvalue weighted by atomic mass is 9.85. The number of carbonyl (C=O) groups excluding carboxylic acids is 1. The zero-order chi connectivity index (χ0) is 12.9. The molecular weight excluding hydrogens is 240 g/mol. The fourth-order valence-corrected chi connectivity index (χ4v) is 2.04. The molecule has 0 saturated carbocycles. The molecule has 1 aromatic heterocycles. The van der Waals surface area contributed by atoms with E-state index >= 15 is 0 Å². The van der Waals surface area contributed by atoms with E-state index < -0.39 is 11.4 Å². The number of aliphatic carboxylic acids is 1. The molecule has 0 aliphatic heterocycles. The predicted octanol–water partition coefficient (Wildman–Crippen LogP) is 1.65. The third-order valence-corrected chi connectivity index (χ3v) is 2.85. The monoisotopic (exact) mass is 256 g/mol. The number of rotatable bonds is 6. The van der Waals surface area contributed by atoms with Gasteiger partial charge in [0.2, 0.25) is 5.91 Å². The van der Waals surface area contributed by atoms with Crippen molar-refractivity contribution in [1.82, 2.24) is 10.3 Å². The molecule has 1 heterocycles.